The second kappa shape index (κ2) is 7.39. The average molecular weight is 383 g/mol. The van der Waals surface area contributed by atoms with Crippen molar-refractivity contribution < 1.29 is 4.79 Å². The third kappa shape index (κ3) is 3.40. The van der Waals surface area contributed by atoms with Crippen LogP contribution in [-0.4, -0.2) is 27.0 Å². The Morgan fingerprint density at radius 1 is 1.27 bits per heavy atom. The van der Waals surface area contributed by atoms with Crippen LogP contribution in [0.25, 0.3) is 10.2 Å². The standard InChI is InChI=1S/C19H18N4OS2/c1-14-5-2-6-15-17(14)21-19(26-15)23(18(24)16-7-3-12-25-16)10-4-9-22-11-8-20-13-22/h2-3,5-8,11-13H,4,9-10H2,1H3. The maximum Gasteiger partial charge on any atom is 0.270 e. The molecule has 0 spiro atoms. The van der Waals surface area contributed by atoms with Gasteiger partial charge < -0.3 is 4.57 Å². The van der Waals surface area contributed by atoms with Crippen LogP contribution < -0.4 is 4.90 Å². The Morgan fingerprint density at radius 3 is 2.92 bits per heavy atom. The van der Waals surface area contributed by atoms with Gasteiger partial charge in [-0.2, -0.15) is 0 Å². The number of amides is 1. The lowest BCUT2D eigenvalue weighted by Crippen LogP contribution is -2.31. The van der Waals surface area contributed by atoms with Crippen molar-refractivity contribution in [2.75, 3.05) is 11.4 Å². The maximum atomic E-state index is 13.0. The summed E-state index contributed by atoms with van der Waals surface area (Å²) < 4.78 is 3.13. The van der Waals surface area contributed by atoms with Gasteiger partial charge in [-0.25, -0.2) is 9.97 Å². The number of aromatic nitrogens is 3. The lowest BCUT2D eigenvalue weighted by molar-refractivity contribution is 0.0990. The van der Waals surface area contributed by atoms with E-state index in [2.05, 4.69) is 24.0 Å². The molecular weight excluding hydrogens is 364 g/mol. The SMILES string of the molecule is Cc1cccc2sc(N(CCCn3ccnc3)C(=O)c3cccs3)nc12. The Morgan fingerprint density at radius 2 is 2.19 bits per heavy atom. The normalized spacial score (nSPS) is 11.1. The average Bonchev–Trinajstić information content (AvgIpc) is 3.39. The largest absolute Gasteiger partial charge is 0.337 e. The summed E-state index contributed by atoms with van der Waals surface area (Å²) in [5, 5.41) is 2.69. The molecule has 0 atom stereocenters. The minimum atomic E-state index is 0.0161. The van der Waals surface area contributed by atoms with Crippen molar-refractivity contribution in [1.29, 1.82) is 0 Å². The summed E-state index contributed by atoms with van der Waals surface area (Å²) >= 11 is 3.04. The molecular formula is C19H18N4OS2. The zero-order chi connectivity index (χ0) is 17.9. The van der Waals surface area contributed by atoms with Gasteiger partial charge in [-0.15, -0.1) is 11.3 Å². The molecule has 1 amide bonds. The third-order valence-corrected chi connectivity index (χ3v) is 6.08. The van der Waals surface area contributed by atoms with Crippen molar-refractivity contribution in [2.45, 2.75) is 19.9 Å². The van der Waals surface area contributed by atoms with E-state index >= 15 is 0 Å². The number of fused-ring (bicyclic) bond motifs is 1. The summed E-state index contributed by atoms with van der Waals surface area (Å²) in [6, 6.07) is 9.92. The molecule has 4 aromatic rings. The first-order valence-corrected chi connectivity index (χ1v) is 10.1. The van der Waals surface area contributed by atoms with Crippen LogP contribution in [0.2, 0.25) is 0 Å². The molecule has 0 aliphatic heterocycles. The Balaban J connectivity index is 1.62. The first-order chi connectivity index (χ1) is 12.7. The first-order valence-electron chi connectivity index (χ1n) is 8.39. The van der Waals surface area contributed by atoms with Gasteiger partial charge in [0.1, 0.15) is 0 Å². The van der Waals surface area contributed by atoms with E-state index in [0.29, 0.717) is 6.54 Å². The van der Waals surface area contributed by atoms with Crippen molar-refractivity contribution in [1.82, 2.24) is 14.5 Å². The zero-order valence-corrected chi connectivity index (χ0v) is 16.0. The summed E-state index contributed by atoms with van der Waals surface area (Å²) in [5.74, 6) is 0.0161. The number of para-hydroxylation sites is 1. The molecule has 5 nitrogen and oxygen atoms in total. The highest BCUT2D eigenvalue weighted by Crippen LogP contribution is 2.32. The number of thiophene rings is 1. The highest BCUT2D eigenvalue weighted by molar-refractivity contribution is 7.22. The fourth-order valence-corrected chi connectivity index (χ4v) is 4.58. The second-order valence-electron chi connectivity index (χ2n) is 6.01. The van der Waals surface area contributed by atoms with Gasteiger partial charge in [0.05, 0.1) is 21.4 Å². The molecule has 26 heavy (non-hydrogen) atoms. The van der Waals surface area contributed by atoms with Crippen LogP contribution in [0.3, 0.4) is 0 Å². The molecule has 0 unspecified atom stereocenters. The monoisotopic (exact) mass is 382 g/mol. The molecule has 4 rings (SSSR count). The van der Waals surface area contributed by atoms with E-state index in [4.69, 9.17) is 4.98 Å². The molecule has 0 saturated carbocycles. The molecule has 3 aromatic heterocycles. The number of aryl methyl sites for hydroxylation is 2. The highest BCUT2D eigenvalue weighted by atomic mass is 32.1. The molecule has 0 radical (unpaired) electrons. The topological polar surface area (TPSA) is 51.0 Å². The van der Waals surface area contributed by atoms with Crippen molar-refractivity contribution >= 4 is 43.9 Å². The van der Waals surface area contributed by atoms with Gasteiger partial charge in [0.15, 0.2) is 5.13 Å². The summed E-state index contributed by atoms with van der Waals surface area (Å²) in [5.41, 5.74) is 2.11. The molecule has 1 aromatic carbocycles. The van der Waals surface area contributed by atoms with Gasteiger partial charge >= 0.3 is 0 Å². The fourth-order valence-electron chi connectivity index (χ4n) is 2.84. The number of rotatable bonds is 6. The van der Waals surface area contributed by atoms with Gasteiger partial charge in [0.25, 0.3) is 5.91 Å². The molecule has 7 heteroatoms. The lowest BCUT2D eigenvalue weighted by Gasteiger charge is -2.19. The van der Waals surface area contributed by atoms with Gasteiger partial charge in [0.2, 0.25) is 0 Å². The predicted molar refractivity (Wildman–Crippen MR) is 107 cm³/mol. The van der Waals surface area contributed by atoms with Gasteiger partial charge in [-0.3, -0.25) is 9.69 Å². The molecule has 0 bridgehead atoms. The summed E-state index contributed by atoms with van der Waals surface area (Å²) in [4.78, 5) is 24.4. The van der Waals surface area contributed by atoms with E-state index < -0.39 is 0 Å². The Labute approximate surface area is 159 Å². The molecule has 0 aliphatic carbocycles. The minimum absolute atomic E-state index is 0.0161. The van der Waals surface area contributed by atoms with Crippen LogP contribution in [-0.2, 0) is 6.54 Å². The number of carbonyl (C=O) groups is 1. The van der Waals surface area contributed by atoms with Crippen molar-refractivity contribution in [3.8, 4) is 0 Å². The molecule has 3 heterocycles. The van der Waals surface area contributed by atoms with Gasteiger partial charge in [0, 0.05) is 25.5 Å². The van der Waals surface area contributed by atoms with Crippen LogP contribution in [0.1, 0.15) is 21.7 Å². The zero-order valence-electron chi connectivity index (χ0n) is 14.3. The number of hydrogen-bond donors (Lipinski definition) is 0. The van der Waals surface area contributed by atoms with Crippen LogP contribution in [0.15, 0.2) is 54.4 Å². The number of nitrogens with zero attached hydrogens (tertiary/aromatic N) is 4. The summed E-state index contributed by atoms with van der Waals surface area (Å²) in [7, 11) is 0. The molecule has 0 N–H and O–H groups in total. The van der Waals surface area contributed by atoms with E-state index in [9.17, 15) is 4.79 Å². The van der Waals surface area contributed by atoms with E-state index in [1.54, 1.807) is 23.9 Å². The second-order valence-corrected chi connectivity index (χ2v) is 7.96. The van der Waals surface area contributed by atoms with E-state index in [1.165, 1.54) is 11.3 Å². The third-order valence-electron chi connectivity index (χ3n) is 4.17. The van der Waals surface area contributed by atoms with Crippen LogP contribution in [0.5, 0.6) is 0 Å². The quantitative estimate of drug-likeness (QED) is 0.490. The smallest absolute Gasteiger partial charge is 0.270 e. The van der Waals surface area contributed by atoms with Crippen LogP contribution in [0.4, 0.5) is 5.13 Å². The summed E-state index contributed by atoms with van der Waals surface area (Å²) in [6.07, 6.45) is 6.34. The van der Waals surface area contributed by atoms with Crippen molar-refractivity contribution in [3.63, 3.8) is 0 Å². The van der Waals surface area contributed by atoms with Crippen molar-refractivity contribution in [3.05, 3.63) is 64.9 Å². The van der Waals surface area contributed by atoms with E-state index in [0.717, 1.165) is 38.8 Å². The number of carbonyl (C=O) groups excluding carboxylic acids is 1. The fraction of sp³-hybridized carbons (Fsp3) is 0.211. The molecule has 0 saturated heterocycles. The highest BCUT2D eigenvalue weighted by Gasteiger charge is 2.22. The number of imidazole rings is 1. The van der Waals surface area contributed by atoms with Crippen molar-refractivity contribution in [2.24, 2.45) is 0 Å². The Kier molecular flexibility index (Phi) is 4.81. The number of thiazole rings is 1. The van der Waals surface area contributed by atoms with Crippen LogP contribution >= 0.6 is 22.7 Å². The van der Waals surface area contributed by atoms with E-state index in [1.807, 2.05) is 39.2 Å². The predicted octanol–water partition coefficient (Wildman–Crippen LogP) is 4.60. The number of anilines is 1. The molecule has 0 fully saturated rings. The number of benzene rings is 1. The molecule has 0 aliphatic rings. The van der Waals surface area contributed by atoms with Gasteiger partial charge in [-0.1, -0.05) is 29.5 Å². The van der Waals surface area contributed by atoms with Gasteiger partial charge in [-0.05, 0) is 36.4 Å². The Hall–Kier alpha value is -2.51. The van der Waals surface area contributed by atoms with E-state index in [-0.39, 0.29) is 5.91 Å². The maximum absolute atomic E-state index is 13.0. The number of hydrogen-bond acceptors (Lipinski definition) is 5. The minimum Gasteiger partial charge on any atom is -0.337 e. The summed E-state index contributed by atoms with van der Waals surface area (Å²) in [6.45, 7) is 3.49. The molecule has 132 valence electrons. The Bertz CT molecular complexity index is 1010. The lowest BCUT2D eigenvalue weighted by atomic mass is 10.2. The first kappa shape index (κ1) is 16.9. The van der Waals surface area contributed by atoms with Crippen LogP contribution in [0, 0.1) is 6.92 Å².